The van der Waals surface area contributed by atoms with Crippen LogP contribution >= 0.6 is 0 Å². The third-order valence-electron chi connectivity index (χ3n) is 4.90. The van der Waals surface area contributed by atoms with Gasteiger partial charge in [0.1, 0.15) is 0 Å². The molecule has 1 saturated carbocycles. The fourth-order valence-corrected chi connectivity index (χ4v) is 2.84. The van der Waals surface area contributed by atoms with E-state index in [0.29, 0.717) is 18.1 Å². The van der Waals surface area contributed by atoms with Crippen molar-refractivity contribution in [3.05, 3.63) is 59.2 Å². The van der Waals surface area contributed by atoms with Crippen LogP contribution in [0.4, 0.5) is 11.4 Å². The zero-order valence-corrected chi connectivity index (χ0v) is 16.0. The van der Waals surface area contributed by atoms with E-state index in [9.17, 15) is 9.90 Å². The summed E-state index contributed by atoms with van der Waals surface area (Å²) in [5.74, 6) is 0.444. The summed E-state index contributed by atoms with van der Waals surface area (Å²) in [6.45, 7) is 5.23. The molecule has 0 saturated heterocycles. The fraction of sp³-hybridized carbons (Fsp3) is 0.409. The molecule has 5 nitrogen and oxygen atoms in total. The van der Waals surface area contributed by atoms with E-state index in [0.717, 1.165) is 16.9 Å². The minimum Gasteiger partial charge on any atom is -0.389 e. The molecule has 1 atom stereocenters. The fourth-order valence-electron chi connectivity index (χ4n) is 2.84. The van der Waals surface area contributed by atoms with E-state index < -0.39 is 6.10 Å². The maximum Gasteiger partial charge on any atom is 0.253 e. The highest BCUT2D eigenvalue weighted by Gasteiger charge is 2.21. The summed E-state index contributed by atoms with van der Waals surface area (Å²) in [5.41, 5.74) is 4.60. The minimum atomic E-state index is -0.702. The summed E-state index contributed by atoms with van der Waals surface area (Å²) in [7, 11) is 0. The molecule has 1 amide bonds. The molecule has 5 heteroatoms. The summed E-state index contributed by atoms with van der Waals surface area (Å²) in [4.78, 5) is 12.6. The monoisotopic (exact) mass is 368 g/mol. The molecule has 3 N–H and O–H groups in total. The number of aliphatic hydroxyl groups excluding tert-OH is 1. The van der Waals surface area contributed by atoms with Crippen LogP contribution in [0.15, 0.2) is 42.5 Å². The Kier molecular flexibility index (Phi) is 6.48. The Morgan fingerprint density at radius 3 is 2.67 bits per heavy atom. The first-order valence-corrected chi connectivity index (χ1v) is 9.51. The Morgan fingerprint density at radius 2 is 1.89 bits per heavy atom. The minimum absolute atomic E-state index is 0.168. The first kappa shape index (κ1) is 19.4. The second-order valence-electron chi connectivity index (χ2n) is 7.26. The van der Waals surface area contributed by atoms with Crippen LogP contribution in [-0.2, 0) is 4.74 Å². The topological polar surface area (TPSA) is 70.6 Å². The second kappa shape index (κ2) is 9.02. The van der Waals surface area contributed by atoms with Gasteiger partial charge in [-0.3, -0.25) is 4.79 Å². The van der Waals surface area contributed by atoms with Crippen LogP contribution in [0, 0.1) is 19.8 Å². The van der Waals surface area contributed by atoms with Gasteiger partial charge in [0, 0.05) is 18.8 Å². The molecule has 144 valence electrons. The van der Waals surface area contributed by atoms with E-state index in [1.807, 2.05) is 30.3 Å². The van der Waals surface area contributed by atoms with Gasteiger partial charge in [-0.05, 0) is 61.9 Å². The molecule has 0 aromatic heterocycles. The van der Waals surface area contributed by atoms with E-state index in [4.69, 9.17) is 4.74 Å². The maximum atomic E-state index is 12.6. The van der Waals surface area contributed by atoms with Crippen LogP contribution in [0.2, 0.25) is 0 Å². The van der Waals surface area contributed by atoms with Gasteiger partial charge >= 0.3 is 0 Å². The van der Waals surface area contributed by atoms with Crippen LogP contribution in [-0.4, -0.2) is 36.9 Å². The van der Waals surface area contributed by atoms with Gasteiger partial charge < -0.3 is 20.5 Å². The molecule has 0 aliphatic heterocycles. The Hall–Kier alpha value is -2.37. The zero-order chi connectivity index (χ0) is 19.2. The molecule has 0 spiro atoms. The van der Waals surface area contributed by atoms with E-state index in [2.05, 4.69) is 30.5 Å². The summed E-state index contributed by atoms with van der Waals surface area (Å²) in [6.07, 6.45) is 1.74. The summed E-state index contributed by atoms with van der Waals surface area (Å²) >= 11 is 0. The van der Waals surface area contributed by atoms with Crippen LogP contribution < -0.4 is 10.6 Å². The largest absolute Gasteiger partial charge is 0.389 e. The van der Waals surface area contributed by atoms with E-state index in [1.165, 1.54) is 18.4 Å². The number of rotatable bonds is 9. The van der Waals surface area contributed by atoms with Crippen molar-refractivity contribution in [2.45, 2.75) is 32.8 Å². The van der Waals surface area contributed by atoms with Gasteiger partial charge in [0.15, 0.2) is 0 Å². The molecule has 3 rings (SSSR count). The number of carbonyl (C=O) groups is 1. The van der Waals surface area contributed by atoms with E-state index in [-0.39, 0.29) is 19.1 Å². The Labute approximate surface area is 160 Å². The van der Waals surface area contributed by atoms with Gasteiger partial charge in [-0.1, -0.05) is 24.3 Å². The van der Waals surface area contributed by atoms with Crippen LogP contribution in [0.3, 0.4) is 0 Å². The Balaban J connectivity index is 1.58. The van der Waals surface area contributed by atoms with Crippen molar-refractivity contribution in [2.75, 3.05) is 25.1 Å². The van der Waals surface area contributed by atoms with Crippen molar-refractivity contribution in [3.8, 4) is 0 Å². The van der Waals surface area contributed by atoms with Gasteiger partial charge in [0.25, 0.3) is 5.91 Å². The highest BCUT2D eigenvalue weighted by molar-refractivity contribution is 6.00. The van der Waals surface area contributed by atoms with Crippen molar-refractivity contribution < 1.29 is 14.6 Å². The van der Waals surface area contributed by atoms with Crippen molar-refractivity contribution >= 4 is 17.3 Å². The Morgan fingerprint density at radius 1 is 1.15 bits per heavy atom. The Bertz CT molecular complexity index is 787. The zero-order valence-electron chi connectivity index (χ0n) is 16.0. The van der Waals surface area contributed by atoms with E-state index >= 15 is 0 Å². The molecule has 1 fully saturated rings. The van der Waals surface area contributed by atoms with Gasteiger partial charge in [-0.15, -0.1) is 0 Å². The van der Waals surface area contributed by atoms with Gasteiger partial charge in [0.05, 0.1) is 24.0 Å². The standard InChI is InChI=1S/C22H28N2O3/c1-15-6-5-9-20(16(15)2)24-21-8-4-3-7-19(21)22(26)23-12-18(25)14-27-13-17-10-11-17/h3-9,17-18,24-25H,10-14H2,1-2H3,(H,23,26)/t18-/m1/s1. The number of aliphatic hydroxyl groups is 1. The van der Waals surface area contributed by atoms with Gasteiger partial charge in [0.2, 0.25) is 0 Å². The number of nitrogens with one attached hydrogen (secondary N) is 2. The van der Waals surface area contributed by atoms with Crippen molar-refractivity contribution in [3.63, 3.8) is 0 Å². The molecule has 2 aromatic carbocycles. The molecule has 0 bridgehead atoms. The maximum absolute atomic E-state index is 12.6. The molecule has 0 radical (unpaired) electrons. The first-order chi connectivity index (χ1) is 13.0. The number of hydrogen-bond acceptors (Lipinski definition) is 4. The predicted octanol–water partition coefficient (Wildman–Crippen LogP) is 3.56. The van der Waals surface area contributed by atoms with E-state index in [1.54, 1.807) is 6.07 Å². The summed E-state index contributed by atoms with van der Waals surface area (Å²) < 4.78 is 5.47. The highest BCUT2D eigenvalue weighted by Crippen LogP contribution is 2.28. The number of para-hydroxylation sites is 1. The lowest BCUT2D eigenvalue weighted by Gasteiger charge is -2.16. The molecular formula is C22H28N2O3. The average Bonchev–Trinajstić information content (AvgIpc) is 3.48. The number of ether oxygens (including phenoxy) is 1. The van der Waals surface area contributed by atoms with Crippen LogP contribution in [0.5, 0.6) is 0 Å². The molecule has 0 heterocycles. The van der Waals surface area contributed by atoms with Crippen molar-refractivity contribution in [1.82, 2.24) is 5.32 Å². The summed E-state index contributed by atoms with van der Waals surface area (Å²) in [5, 5.41) is 16.1. The summed E-state index contributed by atoms with van der Waals surface area (Å²) in [6, 6.07) is 13.4. The normalized spacial score (nSPS) is 14.6. The number of anilines is 2. The van der Waals surface area contributed by atoms with Crippen molar-refractivity contribution in [1.29, 1.82) is 0 Å². The van der Waals surface area contributed by atoms with Gasteiger partial charge in [-0.25, -0.2) is 0 Å². The molecule has 27 heavy (non-hydrogen) atoms. The first-order valence-electron chi connectivity index (χ1n) is 9.51. The lowest BCUT2D eigenvalue weighted by molar-refractivity contribution is 0.0321. The number of benzene rings is 2. The van der Waals surface area contributed by atoms with Gasteiger partial charge in [-0.2, -0.15) is 0 Å². The number of amides is 1. The molecule has 0 unspecified atom stereocenters. The quantitative estimate of drug-likeness (QED) is 0.633. The van der Waals surface area contributed by atoms with Crippen LogP contribution in [0.1, 0.15) is 34.3 Å². The number of hydrogen-bond donors (Lipinski definition) is 3. The predicted molar refractivity (Wildman–Crippen MR) is 108 cm³/mol. The lowest BCUT2D eigenvalue weighted by atomic mass is 10.1. The average molecular weight is 368 g/mol. The highest BCUT2D eigenvalue weighted by atomic mass is 16.5. The molecule has 1 aliphatic rings. The third-order valence-corrected chi connectivity index (χ3v) is 4.90. The number of carbonyl (C=O) groups excluding carboxylic acids is 1. The smallest absolute Gasteiger partial charge is 0.253 e. The molecule has 2 aromatic rings. The third kappa shape index (κ3) is 5.55. The second-order valence-corrected chi connectivity index (χ2v) is 7.26. The number of aryl methyl sites for hydroxylation is 1. The lowest BCUT2D eigenvalue weighted by Crippen LogP contribution is -2.35. The van der Waals surface area contributed by atoms with Crippen LogP contribution in [0.25, 0.3) is 0 Å². The molecular weight excluding hydrogens is 340 g/mol. The molecule has 1 aliphatic carbocycles. The SMILES string of the molecule is Cc1cccc(Nc2ccccc2C(=O)NC[C@@H](O)COCC2CC2)c1C. The van der Waals surface area contributed by atoms with Crippen molar-refractivity contribution in [2.24, 2.45) is 5.92 Å².